The van der Waals surface area contributed by atoms with Gasteiger partial charge >= 0.3 is 0 Å². The van der Waals surface area contributed by atoms with Crippen LogP contribution in [0.3, 0.4) is 0 Å². The number of H-pyrrole nitrogens is 1. The number of aromatic amines is 1. The highest BCUT2D eigenvalue weighted by Gasteiger charge is 2.06. The molecule has 0 saturated heterocycles. The molecule has 96 valence electrons. The molecule has 0 aliphatic heterocycles. The molecule has 4 heteroatoms. The molecular weight excluding hydrogens is 272 g/mol. The molecular formula is C15H14N2S2. The van der Waals surface area contributed by atoms with Gasteiger partial charge in [-0.15, -0.1) is 11.8 Å². The Bertz CT molecular complexity index is 799. The zero-order valence-electron chi connectivity index (χ0n) is 10.8. The van der Waals surface area contributed by atoms with Crippen molar-refractivity contribution in [2.24, 2.45) is 0 Å². The Labute approximate surface area is 121 Å². The maximum absolute atomic E-state index is 5.46. The van der Waals surface area contributed by atoms with E-state index in [9.17, 15) is 0 Å². The molecule has 2 nitrogen and oxygen atoms in total. The number of thioether (sulfide) groups is 1. The molecule has 0 saturated carbocycles. The molecule has 2 aromatic carbocycles. The van der Waals surface area contributed by atoms with Crippen LogP contribution in [0.2, 0.25) is 0 Å². The quantitative estimate of drug-likeness (QED) is 0.543. The summed E-state index contributed by atoms with van der Waals surface area (Å²) in [5, 5.41) is 0. The molecule has 0 radical (unpaired) electrons. The van der Waals surface area contributed by atoms with Crippen LogP contribution in [0.1, 0.15) is 5.56 Å². The summed E-state index contributed by atoms with van der Waals surface area (Å²) in [6.45, 7) is 2.09. The van der Waals surface area contributed by atoms with E-state index >= 15 is 0 Å². The van der Waals surface area contributed by atoms with Crippen molar-refractivity contribution in [1.29, 1.82) is 0 Å². The molecule has 0 fully saturated rings. The fourth-order valence-corrected chi connectivity index (χ4v) is 3.00. The summed E-state index contributed by atoms with van der Waals surface area (Å²) in [4.78, 5) is 4.51. The predicted molar refractivity (Wildman–Crippen MR) is 85.0 cm³/mol. The van der Waals surface area contributed by atoms with Crippen LogP contribution in [0.5, 0.6) is 0 Å². The first-order chi connectivity index (χ1) is 9.19. The van der Waals surface area contributed by atoms with Gasteiger partial charge in [0.15, 0.2) is 4.77 Å². The summed E-state index contributed by atoms with van der Waals surface area (Å²) < 4.78 is 2.82. The van der Waals surface area contributed by atoms with Crippen LogP contribution < -0.4 is 0 Å². The van der Waals surface area contributed by atoms with Gasteiger partial charge in [0.05, 0.1) is 11.0 Å². The third kappa shape index (κ3) is 2.22. The number of aryl methyl sites for hydroxylation is 1. The third-order valence-electron chi connectivity index (χ3n) is 3.15. The fraction of sp³-hybridized carbons (Fsp3) is 0.133. The smallest absolute Gasteiger partial charge is 0.182 e. The van der Waals surface area contributed by atoms with Crippen molar-refractivity contribution < 1.29 is 0 Å². The maximum atomic E-state index is 5.46. The van der Waals surface area contributed by atoms with Gasteiger partial charge in [0, 0.05) is 10.6 Å². The first-order valence-corrected chi connectivity index (χ1v) is 7.68. The molecule has 0 amide bonds. The van der Waals surface area contributed by atoms with Gasteiger partial charge in [-0.25, -0.2) is 0 Å². The van der Waals surface area contributed by atoms with E-state index in [4.69, 9.17) is 12.2 Å². The average Bonchev–Trinajstić information content (AvgIpc) is 2.73. The lowest BCUT2D eigenvalue weighted by Crippen LogP contribution is -1.93. The van der Waals surface area contributed by atoms with Crippen molar-refractivity contribution >= 4 is 35.0 Å². The average molecular weight is 286 g/mol. The predicted octanol–water partition coefficient (Wildman–Crippen LogP) is 4.72. The molecule has 0 atom stereocenters. The number of rotatable bonds is 2. The summed E-state index contributed by atoms with van der Waals surface area (Å²) in [5.41, 5.74) is 4.54. The Kier molecular flexibility index (Phi) is 3.21. The van der Waals surface area contributed by atoms with Crippen LogP contribution in [0.4, 0.5) is 0 Å². The van der Waals surface area contributed by atoms with Crippen molar-refractivity contribution in [1.82, 2.24) is 9.55 Å². The highest BCUT2D eigenvalue weighted by Crippen LogP contribution is 2.23. The van der Waals surface area contributed by atoms with Crippen LogP contribution >= 0.6 is 24.0 Å². The lowest BCUT2D eigenvalue weighted by molar-refractivity contribution is 1.06. The minimum atomic E-state index is 0.735. The molecule has 3 rings (SSSR count). The van der Waals surface area contributed by atoms with Crippen LogP contribution in [-0.4, -0.2) is 15.8 Å². The lowest BCUT2D eigenvalue weighted by atomic mass is 10.2. The molecule has 0 spiro atoms. The van der Waals surface area contributed by atoms with Gasteiger partial charge in [0.1, 0.15) is 0 Å². The summed E-state index contributed by atoms with van der Waals surface area (Å²) in [5.74, 6) is 0. The monoisotopic (exact) mass is 286 g/mol. The first-order valence-electron chi connectivity index (χ1n) is 6.05. The number of nitrogens with zero attached hydrogens (tertiary/aromatic N) is 1. The molecule has 19 heavy (non-hydrogen) atoms. The number of hydrogen-bond donors (Lipinski definition) is 1. The zero-order valence-corrected chi connectivity index (χ0v) is 12.4. The van der Waals surface area contributed by atoms with Gasteiger partial charge in [0.25, 0.3) is 0 Å². The van der Waals surface area contributed by atoms with Crippen LogP contribution in [-0.2, 0) is 0 Å². The van der Waals surface area contributed by atoms with E-state index in [0.717, 1.165) is 21.5 Å². The van der Waals surface area contributed by atoms with E-state index in [1.54, 1.807) is 11.8 Å². The first kappa shape index (κ1) is 12.5. The second-order valence-electron chi connectivity index (χ2n) is 4.49. The number of benzene rings is 2. The van der Waals surface area contributed by atoms with Crippen molar-refractivity contribution in [3.63, 3.8) is 0 Å². The van der Waals surface area contributed by atoms with Crippen molar-refractivity contribution in [3.8, 4) is 5.69 Å². The highest BCUT2D eigenvalue weighted by molar-refractivity contribution is 7.98. The second-order valence-corrected chi connectivity index (χ2v) is 5.75. The SMILES string of the molecule is CSc1cccc(-n2c(=S)[nH]c3cc(C)ccc32)c1. The van der Waals surface area contributed by atoms with Crippen molar-refractivity contribution in [2.45, 2.75) is 11.8 Å². The highest BCUT2D eigenvalue weighted by atomic mass is 32.2. The van der Waals surface area contributed by atoms with Gasteiger partial charge in [0.2, 0.25) is 0 Å². The number of aromatic nitrogens is 2. The molecule has 1 heterocycles. The van der Waals surface area contributed by atoms with E-state index in [1.807, 2.05) is 0 Å². The summed E-state index contributed by atoms with van der Waals surface area (Å²) >= 11 is 7.19. The molecule has 1 N–H and O–H groups in total. The standard InChI is InChI=1S/C15H14N2S2/c1-10-6-7-14-13(8-10)16-15(18)17(14)11-4-3-5-12(9-11)19-2/h3-9H,1-2H3,(H,16,18). The number of fused-ring (bicyclic) bond motifs is 1. The normalized spacial score (nSPS) is 11.1. The van der Waals surface area contributed by atoms with E-state index in [1.165, 1.54) is 10.5 Å². The second kappa shape index (κ2) is 4.87. The Morgan fingerprint density at radius 1 is 1.16 bits per heavy atom. The Morgan fingerprint density at radius 2 is 2.00 bits per heavy atom. The molecule has 3 aromatic rings. The lowest BCUT2D eigenvalue weighted by Gasteiger charge is -2.06. The van der Waals surface area contributed by atoms with Gasteiger partial charge in [-0.1, -0.05) is 12.1 Å². The number of nitrogens with one attached hydrogen (secondary N) is 1. The van der Waals surface area contributed by atoms with Gasteiger partial charge in [-0.3, -0.25) is 4.57 Å². The van der Waals surface area contributed by atoms with Crippen LogP contribution in [0.15, 0.2) is 47.4 Å². The summed E-state index contributed by atoms with van der Waals surface area (Å²) in [7, 11) is 0. The Balaban J connectivity index is 2.29. The van der Waals surface area contributed by atoms with Gasteiger partial charge < -0.3 is 4.98 Å². The van der Waals surface area contributed by atoms with E-state index < -0.39 is 0 Å². The minimum Gasteiger partial charge on any atom is -0.330 e. The van der Waals surface area contributed by atoms with Crippen LogP contribution in [0, 0.1) is 11.7 Å². The van der Waals surface area contributed by atoms with Gasteiger partial charge in [-0.2, -0.15) is 0 Å². The molecule has 1 aromatic heterocycles. The third-order valence-corrected chi connectivity index (χ3v) is 4.16. The minimum absolute atomic E-state index is 0.735. The zero-order chi connectivity index (χ0) is 13.4. The Hall–Kier alpha value is -1.52. The molecule has 0 unspecified atom stereocenters. The summed E-state index contributed by atoms with van der Waals surface area (Å²) in [6, 6.07) is 14.8. The molecule has 0 aliphatic rings. The van der Waals surface area contributed by atoms with Crippen molar-refractivity contribution in [2.75, 3.05) is 6.26 Å². The topological polar surface area (TPSA) is 20.7 Å². The maximum Gasteiger partial charge on any atom is 0.182 e. The Morgan fingerprint density at radius 3 is 2.79 bits per heavy atom. The fourth-order valence-electron chi connectivity index (χ4n) is 2.23. The van der Waals surface area contributed by atoms with E-state index in [2.05, 4.69) is 65.2 Å². The number of imidazole rings is 1. The van der Waals surface area contributed by atoms with E-state index in [0.29, 0.717) is 0 Å². The van der Waals surface area contributed by atoms with Gasteiger partial charge in [-0.05, 0) is 61.3 Å². The molecule has 0 bridgehead atoms. The van der Waals surface area contributed by atoms with Crippen molar-refractivity contribution in [3.05, 3.63) is 52.8 Å². The summed E-state index contributed by atoms with van der Waals surface area (Å²) in [6.07, 6.45) is 2.08. The largest absolute Gasteiger partial charge is 0.330 e. The molecule has 0 aliphatic carbocycles. The number of hydrogen-bond acceptors (Lipinski definition) is 2. The van der Waals surface area contributed by atoms with Crippen LogP contribution in [0.25, 0.3) is 16.7 Å². The van der Waals surface area contributed by atoms with E-state index in [-0.39, 0.29) is 0 Å².